The van der Waals surface area contributed by atoms with Crippen molar-refractivity contribution in [3.05, 3.63) is 11.8 Å². The lowest BCUT2D eigenvalue weighted by atomic mass is 9.96. The van der Waals surface area contributed by atoms with E-state index in [9.17, 15) is 38.4 Å². The Morgan fingerprint density at radius 3 is 2.37 bits per heavy atom. The van der Waals surface area contributed by atoms with Crippen LogP contribution in [0.15, 0.2) is 11.8 Å². The monoisotopic (exact) mass is 459 g/mol. The number of aliphatic hydroxyl groups is 4. The number of carbonyl (C=O) groups excluding carboxylic acids is 1. The van der Waals surface area contributed by atoms with Crippen LogP contribution < -0.4 is 5.32 Å². The standard InChI is InChI=1S/C14H21NO14S/c1-4(16)15-8-10(19)11(7(27-13(8)22)3-26-30(23,24)25)29-14-9(18)5(17)2-6(28-14)12(20)21/h2,5,7-11,13-14,17-19,22H,3H2,1H3,(H,15,16)(H,20,21)(H,23,24,25)/t5-,7+,8+,9+,10+,11+,13+,14-/m0/s1. The van der Waals surface area contributed by atoms with Crippen molar-refractivity contribution in [1.29, 1.82) is 0 Å². The Bertz CT molecular complexity index is 784. The molecular formula is C14H21NO14S. The van der Waals surface area contributed by atoms with Gasteiger partial charge in [0.1, 0.15) is 36.6 Å². The second-order valence-electron chi connectivity index (χ2n) is 6.40. The zero-order valence-electron chi connectivity index (χ0n) is 15.3. The largest absolute Gasteiger partial charge is 0.475 e. The lowest BCUT2D eigenvalue weighted by Gasteiger charge is -2.44. The van der Waals surface area contributed by atoms with Crippen molar-refractivity contribution in [2.75, 3.05) is 6.61 Å². The van der Waals surface area contributed by atoms with Crippen LogP contribution in [-0.4, -0.2) is 106 Å². The summed E-state index contributed by atoms with van der Waals surface area (Å²) in [7, 11) is -4.96. The minimum absolute atomic E-state index is 0.687. The molecule has 2 rings (SSSR count). The fraction of sp³-hybridized carbons (Fsp3) is 0.714. The van der Waals surface area contributed by atoms with E-state index in [1.165, 1.54) is 0 Å². The zero-order valence-corrected chi connectivity index (χ0v) is 16.1. The van der Waals surface area contributed by atoms with Crippen LogP contribution in [0.3, 0.4) is 0 Å². The van der Waals surface area contributed by atoms with Gasteiger partial charge in [-0.15, -0.1) is 0 Å². The maximum Gasteiger partial charge on any atom is 0.397 e. The van der Waals surface area contributed by atoms with Gasteiger partial charge in [-0.2, -0.15) is 8.42 Å². The molecule has 1 amide bonds. The minimum atomic E-state index is -4.96. The summed E-state index contributed by atoms with van der Waals surface area (Å²) in [4.78, 5) is 22.4. The van der Waals surface area contributed by atoms with Gasteiger partial charge >= 0.3 is 16.4 Å². The quantitative estimate of drug-likeness (QED) is 0.179. The maximum atomic E-state index is 11.3. The first-order chi connectivity index (χ1) is 13.8. The predicted octanol–water partition coefficient (Wildman–Crippen LogP) is -4.18. The second kappa shape index (κ2) is 9.50. The van der Waals surface area contributed by atoms with Gasteiger partial charge in [-0.05, 0) is 6.08 Å². The zero-order chi connectivity index (χ0) is 22.8. The van der Waals surface area contributed by atoms with Crippen LogP contribution in [0.5, 0.6) is 0 Å². The smallest absolute Gasteiger partial charge is 0.397 e. The Kier molecular flexibility index (Phi) is 7.72. The summed E-state index contributed by atoms with van der Waals surface area (Å²) in [5, 5.41) is 51.5. The highest BCUT2D eigenvalue weighted by molar-refractivity contribution is 7.80. The van der Waals surface area contributed by atoms with Gasteiger partial charge in [0.15, 0.2) is 6.29 Å². The maximum absolute atomic E-state index is 11.3. The number of carboxylic acid groups (broad SMARTS) is 1. The van der Waals surface area contributed by atoms with Crippen LogP contribution in [0.2, 0.25) is 0 Å². The van der Waals surface area contributed by atoms with E-state index >= 15 is 0 Å². The molecule has 1 fully saturated rings. The first-order valence-electron chi connectivity index (χ1n) is 8.34. The molecule has 0 spiro atoms. The molecule has 30 heavy (non-hydrogen) atoms. The van der Waals surface area contributed by atoms with E-state index in [0.717, 1.165) is 6.92 Å². The van der Waals surface area contributed by atoms with E-state index in [1.54, 1.807) is 0 Å². The van der Waals surface area contributed by atoms with Gasteiger partial charge in [0, 0.05) is 6.92 Å². The number of nitrogens with one attached hydrogen (secondary N) is 1. The number of hydrogen-bond acceptors (Lipinski definition) is 12. The first kappa shape index (κ1) is 24.4. The molecule has 1 saturated heterocycles. The summed E-state index contributed by atoms with van der Waals surface area (Å²) in [5.74, 6) is -3.07. The molecule has 172 valence electrons. The third-order valence-corrected chi connectivity index (χ3v) is 4.57. The highest BCUT2D eigenvalue weighted by atomic mass is 32.3. The molecule has 0 aliphatic carbocycles. The Hall–Kier alpha value is -1.89. The lowest BCUT2D eigenvalue weighted by molar-refractivity contribution is -0.306. The molecule has 2 aliphatic heterocycles. The first-order valence-corrected chi connectivity index (χ1v) is 9.70. The number of ether oxygens (including phenoxy) is 3. The fourth-order valence-corrected chi connectivity index (χ4v) is 3.12. The third-order valence-electron chi connectivity index (χ3n) is 4.14. The molecule has 0 aromatic heterocycles. The molecule has 8 atom stereocenters. The highest BCUT2D eigenvalue weighted by Crippen LogP contribution is 2.28. The van der Waals surface area contributed by atoms with Crippen molar-refractivity contribution in [3.63, 3.8) is 0 Å². The Balaban J connectivity index is 2.27. The Morgan fingerprint density at radius 1 is 1.20 bits per heavy atom. The van der Waals surface area contributed by atoms with Crippen LogP contribution in [0.25, 0.3) is 0 Å². The molecule has 0 saturated carbocycles. The summed E-state index contributed by atoms with van der Waals surface area (Å²) in [6.07, 6.45) is -11.8. The topological polar surface area (TPSA) is 239 Å². The Morgan fingerprint density at radius 2 is 1.83 bits per heavy atom. The number of aliphatic carboxylic acids is 1. The fourth-order valence-electron chi connectivity index (χ4n) is 2.81. The molecule has 7 N–H and O–H groups in total. The summed E-state index contributed by atoms with van der Waals surface area (Å²) < 4.78 is 49.9. The molecule has 16 heteroatoms. The van der Waals surface area contributed by atoms with Crippen molar-refractivity contribution < 1.29 is 66.5 Å². The molecule has 2 heterocycles. The highest BCUT2D eigenvalue weighted by Gasteiger charge is 2.49. The van der Waals surface area contributed by atoms with E-state index in [4.69, 9.17) is 23.9 Å². The molecule has 0 aromatic carbocycles. The van der Waals surface area contributed by atoms with E-state index in [2.05, 4.69) is 9.50 Å². The molecular weight excluding hydrogens is 438 g/mol. The van der Waals surface area contributed by atoms with Crippen LogP contribution in [0, 0.1) is 0 Å². The lowest BCUT2D eigenvalue weighted by Crippen LogP contribution is -2.66. The molecule has 0 bridgehead atoms. The molecule has 2 aliphatic rings. The average Bonchev–Trinajstić information content (AvgIpc) is 2.61. The van der Waals surface area contributed by atoms with Crippen LogP contribution in [-0.2, 0) is 38.4 Å². The number of carbonyl (C=O) groups is 2. The normalized spacial score (nSPS) is 37.1. The molecule has 0 radical (unpaired) electrons. The number of hydrogen-bond donors (Lipinski definition) is 7. The van der Waals surface area contributed by atoms with Crippen molar-refractivity contribution in [2.45, 2.75) is 56.1 Å². The SMILES string of the molecule is CC(=O)N[C@@H]1[C@@H](O)[C@H](O[C@@H]2OC(C(=O)O)=C[C@H](O)[C@H]2O)[C@@H](COS(=O)(=O)O)O[C@H]1O. The van der Waals surface area contributed by atoms with E-state index in [-0.39, 0.29) is 0 Å². The van der Waals surface area contributed by atoms with Gasteiger partial charge in [-0.1, -0.05) is 0 Å². The third kappa shape index (κ3) is 6.06. The van der Waals surface area contributed by atoms with E-state index in [1.807, 2.05) is 0 Å². The average molecular weight is 459 g/mol. The van der Waals surface area contributed by atoms with Crippen molar-refractivity contribution in [2.24, 2.45) is 0 Å². The summed E-state index contributed by atoms with van der Waals surface area (Å²) in [6.45, 7) is 0.0779. The van der Waals surface area contributed by atoms with Gasteiger partial charge in [0.05, 0.1) is 6.61 Å². The van der Waals surface area contributed by atoms with Gasteiger partial charge < -0.3 is 45.1 Å². The minimum Gasteiger partial charge on any atom is -0.475 e. The van der Waals surface area contributed by atoms with Crippen LogP contribution in [0.1, 0.15) is 6.92 Å². The Labute approximate surface area is 169 Å². The predicted molar refractivity (Wildman–Crippen MR) is 89.5 cm³/mol. The van der Waals surface area contributed by atoms with E-state index in [0.29, 0.717) is 6.08 Å². The van der Waals surface area contributed by atoms with Gasteiger partial charge in [0.2, 0.25) is 18.0 Å². The summed E-state index contributed by atoms with van der Waals surface area (Å²) in [5.41, 5.74) is 0. The van der Waals surface area contributed by atoms with Crippen molar-refractivity contribution in [3.8, 4) is 0 Å². The summed E-state index contributed by atoms with van der Waals surface area (Å²) >= 11 is 0. The number of rotatable bonds is 7. The molecule has 15 nitrogen and oxygen atoms in total. The van der Waals surface area contributed by atoms with Crippen LogP contribution in [0.4, 0.5) is 0 Å². The summed E-state index contributed by atoms with van der Waals surface area (Å²) in [6, 6.07) is -1.49. The number of amides is 1. The number of carboxylic acids is 1. The van der Waals surface area contributed by atoms with Crippen molar-refractivity contribution >= 4 is 22.3 Å². The van der Waals surface area contributed by atoms with Gasteiger partial charge in [-0.25, -0.2) is 8.98 Å². The van der Waals surface area contributed by atoms with Crippen molar-refractivity contribution in [1.82, 2.24) is 5.32 Å². The second-order valence-corrected chi connectivity index (χ2v) is 7.49. The molecule has 0 aromatic rings. The van der Waals surface area contributed by atoms with Gasteiger partial charge in [0.25, 0.3) is 0 Å². The number of aliphatic hydroxyl groups excluding tert-OH is 4. The van der Waals surface area contributed by atoms with E-state index < -0.39 is 83.8 Å². The molecule has 0 unspecified atom stereocenters. The van der Waals surface area contributed by atoms with Gasteiger partial charge in [-0.3, -0.25) is 9.35 Å². The van der Waals surface area contributed by atoms with Crippen LogP contribution >= 0.6 is 0 Å².